The molecule has 8 nitrogen and oxygen atoms in total. The van der Waals surface area contributed by atoms with E-state index in [1.165, 1.54) is 12.1 Å². The fourth-order valence-electron chi connectivity index (χ4n) is 2.86. The van der Waals surface area contributed by atoms with Gasteiger partial charge in [-0.15, -0.1) is 13.2 Å². The second kappa shape index (κ2) is 8.50. The monoisotopic (exact) mass is 444 g/mol. The number of sulfonamides is 1. The Morgan fingerprint density at radius 3 is 2.50 bits per heavy atom. The maximum atomic E-state index is 12.7. The number of carbonyl (C=O) groups excluding carboxylic acids is 1. The van der Waals surface area contributed by atoms with Crippen LogP contribution in [0.5, 0.6) is 5.75 Å². The summed E-state index contributed by atoms with van der Waals surface area (Å²) < 4.78 is 68.8. The summed E-state index contributed by atoms with van der Waals surface area (Å²) in [5.74, 6) is -2.23. The zero-order chi connectivity index (χ0) is 21.9. The average Bonchev–Trinajstić information content (AvgIpc) is 3.13. The maximum absolute atomic E-state index is 12.7. The molecule has 162 valence electrons. The Balaban J connectivity index is 1.71. The lowest BCUT2D eigenvalue weighted by Gasteiger charge is -2.20. The topological polar surface area (TPSA) is 109 Å². The summed E-state index contributed by atoms with van der Waals surface area (Å²) >= 11 is 0. The third kappa shape index (κ3) is 5.62. The number of rotatable bonds is 6. The van der Waals surface area contributed by atoms with E-state index in [0.29, 0.717) is 5.69 Å². The van der Waals surface area contributed by atoms with Crippen molar-refractivity contribution in [3.8, 4) is 5.75 Å². The molecule has 1 aliphatic rings. The number of hydrogen-bond donors (Lipinski definition) is 4. The number of anilines is 2. The molecule has 2 aromatic carbocycles. The molecule has 30 heavy (non-hydrogen) atoms. The van der Waals surface area contributed by atoms with Crippen molar-refractivity contribution in [2.24, 2.45) is 5.92 Å². The zero-order valence-electron chi connectivity index (χ0n) is 15.7. The van der Waals surface area contributed by atoms with E-state index in [1.807, 2.05) is 6.92 Å². The number of benzene rings is 2. The van der Waals surface area contributed by atoms with Crippen molar-refractivity contribution < 1.29 is 31.1 Å². The van der Waals surface area contributed by atoms with Crippen LogP contribution in [-0.2, 0) is 14.8 Å². The first kappa shape index (κ1) is 21.9. The predicted molar refractivity (Wildman–Crippen MR) is 104 cm³/mol. The van der Waals surface area contributed by atoms with Crippen LogP contribution in [0.3, 0.4) is 0 Å². The molecule has 12 heteroatoms. The summed E-state index contributed by atoms with van der Waals surface area (Å²) in [6.07, 6.45) is -4.87. The first-order valence-electron chi connectivity index (χ1n) is 8.77. The molecule has 2 atom stereocenters. The molecule has 0 aromatic heterocycles. The van der Waals surface area contributed by atoms with Crippen molar-refractivity contribution in [2.45, 2.75) is 18.7 Å². The highest BCUT2D eigenvalue weighted by molar-refractivity contribution is 7.93. The second-order valence-corrected chi connectivity index (χ2v) is 8.43. The molecule has 1 aliphatic heterocycles. The molecule has 1 saturated heterocycles. The molecule has 0 radical (unpaired) electrons. The molecular weight excluding hydrogens is 425 g/mol. The Hall–Kier alpha value is -2.83. The van der Waals surface area contributed by atoms with Crippen LogP contribution in [0.1, 0.15) is 5.56 Å². The molecular formula is C18H19F3N4O4S. The second-order valence-electron chi connectivity index (χ2n) is 6.63. The lowest BCUT2D eigenvalue weighted by Crippen LogP contribution is -2.45. The minimum Gasteiger partial charge on any atom is -0.406 e. The average molecular weight is 444 g/mol. The van der Waals surface area contributed by atoms with Crippen LogP contribution in [0, 0.1) is 12.8 Å². The van der Waals surface area contributed by atoms with Crippen LogP contribution in [0.25, 0.3) is 0 Å². The summed E-state index contributed by atoms with van der Waals surface area (Å²) in [6, 6.07) is 11.4. The van der Waals surface area contributed by atoms with E-state index in [4.69, 9.17) is 0 Å². The molecule has 0 spiro atoms. The van der Waals surface area contributed by atoms with Gasteiger partial charge in [0.2, 0.25) is 5.91 Å². The van der Waals surface area contributed by atoms with Crippen LogP contribution < -0.4 is 25.6 Å². The van der Waals surface area contributed by atoms with Crippen molar-refractivity contribution in [1.82, 2.24) is 10.9 Å². The third-order valence-corrected chi connectivity index (χ3v) is 5.88. The van der Waals surface area contributed by atoms with Gasteiger partial charge in [0.25, 0.3) is 10.0 Å². The SMILES string of the molecule is Cc1ccc(NS(=O)(=O)C2NNCC2C(=O)Nc2cccc(OC(F)(F)F)c2)cc1. The maximum Gasteiger partial charge on any atom is 0.573 e. The highest BCUT2D eigenvalue weighted by Gasteiger charge is 2.42. The van der Waals surface area contributed by atoms with Gasteiger partial charge in [-0.05, 0) is 31.2 Å². The van der Waals surface area contributed by atoms with E-state index in [0.717, 1.165) is 17.7 Å². The quantitative estimate of drug-likeness (QED) is 0.545. The molecule has 0 aliphatic carbocycles. The van der Waals surface area contributed by atoms with Crippen molar-refractivity contribution in [1.29, 1.82) is 0 Å². The Kier molecular flexibility index (Phi) is 6.19. The number of ether oxygens (including phenoxy) is 1. The van der Waals surface area contributed by atoms with Crippen molar-refractivity contribution in [2.75, 3.05) is 16.6 Å². The number of alkyl halides is 3. The van der Waals surface area contributed by atoms with Crippen molar-refractivity contribution in [3.63, 3.8) is 0 Å². The van der Waals surface area contributed by atoms with E-state index in [2.05, 4.69) is 25.6 Å². The first-order chi connectivity index (χ1) is 14.0. The van der Waals surface area contributed by atoms with Crippen LogP contribution in [0.2, 0.25) is 0 Å². The van der Waals surface area contributed by atoms with Crippen molar-refractivity contribution in [3.05, 3.63) is 54.1 Å². The molecule has 2 aromatic rings. The van der Waals surface area contributed by atoms with Gasteiger partial charge in [-0.25, -0.2) is 13.8 Å². The van der Waals surface area contributed by atoms with Gasteiger partial charge in [-0.2, -0.15) is 0 Å². The van der Waals surface area contributed by atoms with Gasteiger partial charge in [0.05, 0.1) is 5.92 Å². The van der Waals surface area contributed by atoms with E-state index < -0.39 is 39.3 Å². The Labute approximate surface area is 170 Å². The number of amides is 1. The van der Waals surface area contributed by atoms with E-state index in [9.17, 15) is 26.4 Å². The van der Waals surface area contributed by atoms with Crippen LogP contribution in [0.4, 0.5) is 24.5 Å². The molecule has 1 amide bonds. The summed E-state index contributed by atoms with van der Waals surface area (Å²) in [5, 5.41) is 1.13. The summed E-state index contributed by atoms with van der Waals surface area (Å²) in [4.78, 5) is 12.6. The molecule has 1 heterocycles. The smallest absolute Gasteiger partial charge is 0.406 e. The van der Waals surface area contributed by atoms with Gasteiger partial charge in [0.1, 0.15) is 5.75 Å². The summed E-state index contributed by atoms with van der Waals surface area (Å²) in [7, 11) is -4.00. The molecule has 2 unspecified atom stereocenters. The summed E-state index contributed by atoms with van der Waals surface area (Å²) in [5.41, 5.74) is 6.51. The molecule has 0 saturated carbocycles. The van der Waals surface area contributed by atoms with Gasteiger partial charge < -0.3 is 10.1 Å². The van der Waals surface area contributed by atoms with Crippen molar-refractivity contribution >= 4 is 27.3 Å². The lowest BCUT2D eigenvalue weighted by molar-refractivity contribution is -0.274. The fourth-order valence-corrected chi connectivity index (χ4v) is 4.34. The highest BCUT2D eigenvalue weighted by Crippen LogP contribution is 2.26. The van der Waals surface area contributed by atoms with Gasteiger partial charge >= 0.3 is 6.36 Å². The number of halogens is 3. The van der Waals surface area contributed by atoms with Crippen LogP contribution in [-0.4, -0.2) is 32.6 Å². The van der Waals surface area contributed by atoms with E-state index >= 15 is 0 Å². The van der Waals surface area contributed by atoms with E-state index in [-0.39, 0.29) is 12.2 Å². The van der Waals surface area contributed by atoms with Crippen LogP contribution >= 0.6 is 0 Å². The first-order valence-corrected chi connectivity index (χ1v) is 10.3. The summed E-state index contributed by atoms with van der Waals surface area (Å²) in [6.45, 7) is 1.86. The number of aryl methyl sites for hydroxylation is 1. The van der Waals surface area contributed by atoms with Gasteiger partial charge in [0, 0.05) is 24.0 Å². The largest absolute Gasteiger partial charge is 0.573 e. The van der Waals surface area contributed by atoms with Gasteiger partial charge in [-0.1, -0.05) is 23.8 Å². The Bertz CT molecular complexity index is 1010. The zero-order valence-corrected chi connectivity index (χ0v) is 16.5. The Morgan fingerprint density at radius 1 is 1.13 bits per heavy atom. The minimum atomic E-state index is -4.87. The van der Waals surface area contributed by atoms with Gasteiger partial charge in [0.15, 0.2) is 5.37 Å². The number of nitrogens with one attached hydrogen (secondary N) is 4. The number of hydrogen-bond acceptors (Lipinski definition) is 6. The fraction of sp³-hybridized carbons (Fsp3) is 0.278. The molecule has 3 rings (SSSR count). The van der Waals surface area contributed by atoms with Crippen LogP contribution in [0.15, 0.2) is 48.5 Å². The Morgan fingerprint density at radius 2 is 1.83 bits per heavy atom. The minimum absolute atomic E-state index is 0.00402. The molecule has 4 N–H and O–H groups in total. The lowest BCUT2D eigenvalue weighted by atomic mass is 10.1. The molecule has 0 bridgehead atoms. The standard InChI is InChI=1S/C18H19F3N4O4S/c1-11-5-7-12(8-6-11)25-30(27,28)17-15(10-22-24-17)16(26)23-13-3-2-4-14(9-13)29-18(19,20)21/h2-9,15,17,22,24-25H,10H2,1H3,(H,23,26). The normalized spacial score (nSPS) is 19.3. The molecule has 1 fully saturated rings. The van der Waals surface area contributed by atoms with E-state index in [1.54, 1.807) is 24.3 Å². The highest BCUT2D eigenvalue weighted by atomic mass is 32.2. The predicted octanol–water partition coefficient (Wildman–Crippen LogP) is 2.32. The third-order valence-electron chi connectivity index (χ3n) is 4.25. The number of hydrazine groups is 1. The van der Waals surface area contributed by atoms with Gasteiger partial charge in [-0.3, -0.25) is 14.9 Å². The number of carbonyl (C=O) groups is 1.